The van der Waals surface area contributed by atoms with Crippen LogP contribution in [0.5, 0.6) is 0 Å². The standard InChI is InChI=1S/C5H11NO2S/c1-3(9)4(6)5(7)8-2/h3-4,9H,6H2,1-2H3. The lowest BCUT2D eigenvalue weighted by Gasteiger charge is -2.10. The van der Waals surface area contributed by atoms with Gasteiger partial charge in [0.15, 0.2) is 0 Å². The first-order valence-corrected chi connectivity index (χ1v) is 3.12. The van der Waals surface area contributed by atoms with Gasteiger partial charge in [0.1, 0.15) is 6.04 Å². The zero-order valence-corrected chi connectivity index (χ0v) is 6.39. The summed E-state index contributed by atoms with van der Waals surface area (Å²) in [6.07, 6.45) is 0. The Bertz CT molecular complexity index is 105. The van der Waals surface area contributed by atoms with Crippen LogP contribution in [0.25, 0.3) is 0 Å². The predicted molar refractivity (Wildman–Crippen MR) is 38.4 cm³/mol. The van der Waals surface area contributed by atoms with E-state index >= 15 is 0 Å². The van der Waals surface area contributed by atoms with Gasteiger partial charge in [-0.3, -0.25) is 4.79 Å². The second kappa shape index (κ2) is 3.74. The van der Waals surface area contributed by atoms with Crippen LogP contribution in [0.1, 0.15) is 6.92 Å². The third-order valence-corrected chi connectivity index (χ3v) is 1.31. The first-order valence-electron chi connectivity index (χ1n) is 2.61. The molecule has 0 heterocycles. The van der Waals surface area contributed by atoms with E-state index in [4.69, 9.17) is 5.73 Å². The quantitative estimate of drug-likeness (QED) is 0.422. The Morgan fingerprint density at radius 3 is 2.33 bits per heavy atom. The van der Waals surface area contributed by atoms with E-state index in [2.05, 4.69) is 17.4 Å². The first-order chi connectivity index (χ1) is 4.09. The molecule has 0 aliphatic carbocycles. The predicted octanol–water partition coefficient (Wildman–Crippen LogP) is -0.195. The number of carbonyl (C=O) groups is 1. The average Bonchev–Trinajstić information content (AvgIpc) is 1.84. The summed E-state index contributed by atoms with van der Waals surface area (Å²) in [7, 11) is 1.30. The Kier molecular flexibility index (Phi) is 3.65. The van der Waals surface area contributed by atoms with E-state index in [-0.39, 0.29) is 5.25 Å². The molecule has 4 heteroatoms. The molecule has 0 rings (SSSR count). The van der Waals surface area contributed by atoms with Crippen molar-refractivity contribution >= 4 is 18.6 Å². The van der Waals surface area contributed by atoms with Crippen molar-refractivity contribution in [1.29, 1.82) is 0 Å². The van der Waals surface area contributed by atoms with E-state index in [9.17, 15) is 4.79 Å². The van der Waals surface area contributed by atoms with Gasteiger partial charge in [0, 0.05) is 5.25 Å². The SMILES string of the molecule is COC(=O)C(N)C(C)S. The van der Waals surface area contributed by atoms with E-state index in [1.807, 2.05) is 0 Å². The number of hydrogen-bond acceptors (Lipinski definition) is 4. The van der Waals surface area contributed by atoms with Crippen molar-refractivity contribution in [3.8, 4) is 0 Å². The van der Waals surface area contributed by atoms with Gasteiger partial charge >= 0.3 is 5.97 Å². The smallest absolute Gasteiger partial charge is 0.323 e. The Morgan fingerprint density at radius 1 is 1.78 bits per heavy atom. The summed E-state index contributed by atoms with van der Waals surface area (Å²) in [6, 6.07) is -0.613. The summed E-state index contributed by atoms with van der Waals surface area (Å²) < 4.78 is 4.36. The highest BCUT2D eigenvalue weighted by molar-refractivity contribution is 7.81. The van der Waals surface area contributed by atoms with Gasteiger partial charge in [0.05, 0.1) is 7.11 Å². The number of ether oxygens (including phenoxy) is 1. The maximum Gasteiger partial charge on any atom is 0.323 e. The Morgan fingerprint density at radius 2 is 2.22 bits per heavy atom. The van der Waals surface area contributed by atoms with Crippen LogP contribution in [0.4, 0.5) is 0 Å². The molecule has 0 aliphatic rings. The fraction of sp³-hybridized carbons (Fsp3) is 0.800. The van der Waals surface area contributed by atoms with Crippen LogP contribution in [0.15, 0.2) is 0 Å². The maximum absolute atomic E-state index is 10.6. The Hall–Kier alpha value is -0.220. The molecule has 0 aromatic rings. The molecule has 0 fully saturated rings. The van der Waals surface area contributed by atoms with Gasteiger partial charge in [-0.2, -0.15) is 12.6 Å². The molecule has 0 aromatic carbocycles. The summed E-state index contributed by atoms with van der Waals surface area (Å²) >= 11 is 3.96. The van der Waals surface area contributed by atoms with Gasteiger partial charge in [0.2, 0.25) is 0 Å². The zero-order valence-electron chi connectivity index (χ0n) is 5.50. The van der Waals surface area contributed by atoms with Crippen molar-refractivity contribution in [3.05, 3.63) is 0 Å². The second-order valence-electron chi connectivity index (χ2n) is 1.79. The molecule has 54 valence electrons. The fourth-order valence-electron chi connectivity index (χ4n) is 0.333. The van der Waals surface area contributed by atoms with Crippen LogP contribution in [-0.2, 0) is 9.53 Å². The van der Waals surface area contributed by atoms with Crippen LogP contribution < -0.4 is 5.73 Å². The monoisotopic (exact) mass is 149 g/mol. The number of carbonyl (C=O) groups excluding carboxylic acids is 1. The Balaban J connectivity index is 3.72. The number of hydrogen-bond donors (Lipinski definition) is 2. The van der Waals surface area contributed by atoms with Gasteiger partial charge in [-0.15, -0.1) is 0 Å². The van der Waals surface area contributed by atoms with Crippen molar-refractivity contribution in [2.24, 2.45) is 5.73 Å². The largest absolute Gasteiger partial charge is 0.468 e. The lowest BCUT2D eigenvalue weighted by atomic mass is 10.2. The maximum atomic E-state index is 10.6. The topological polar surface area (TPSA) is 52.3 Å². The van der Waals surface area contributed by atoms with Crippen LogP contribution in [0.2, 0.25) is 0 Å². The molecule has 2 atom stereocenters. The summed E-state index contributed by atoms with van der Waals surface area (Å²) in [5, 5.41) is -0.155. The van der Waals surface area contributed by atoms with Crippen LogP contribution in [0, 0.1) is 0 Å². The molecule has 0 spiro atoms. The van der Waals surface area contributed by atoms with Crippen LogP contribution >= 0.6 is 12.6 Å². The van der Waals surface area contributed by atoms with Crippen molar-refractivity contribution in [3.63, 3.8) is 0 Å². The lowest BCUT2D eigenvalue weighted by Crippen LogP contribution is -2.38. The van der Waals surface area contributed by atoms with Gasteiger partial charge in [0.25, 0.3) is 0 Å². The highest BCUT2D eigenvalue weighted by Crippen LogP contribution is 1.98. The summed E-state index contributed by atoms with van der Waals surface area (Å²) in [5.41, 5.74) is 5.32. The number of nitrogens with two attached hydrogens (primary N) is 1. The van der Waals surface area contributed by atoms with Crippen molar-refractivity contribution < 1.29 is 9.53 Å². The average molecular weight is 149 g/mol. The highest BCUT2D eigenvalue weighted by Gasteiger charge is 2.17. The second-order valence-corrected chi connectivity index (χ2v) is 2.60. The van der Waals surface area contributed by atoms with E-state index in [1.165, 1.54) is 7.11 Å². The molecule has 9 heavy (non-hydrogen) atoms. The zero-order chi connectivity index (χ0) is 7.44. The molecule has 0 saturated carbocycles. The fourth-order valence-corrected chi connectivity index (χ4v) is 0.455. The lowest BCUT2D eigenvalue weighted by molar-refractivity contribution is -0.142. The van der Waals surface area contributed by atoms with E-state index in [0.717, 1.165) is 0 Å². The molecule has 0 radical (unpaired) electrons. The van der Waals surface area contributed by atoms with Crippen molar-refractivity contribution in [2.75, 3.05) is 7.11 Å². The van der Waals surface area contributed by atoms with Crippen molar-refractivity contribution in [1.82, 2.24) is 0 Å². The molecule has 0 saturated heterocycles. The van der Waals surface area contributed by atoms with E-state index < -0.39 is 12.0 Å². The molecule has 0 amide bonds. The molecule has 2 N–H and O–H groups in total. The third kappa shape index (κ3) is 2.72. The van der Waals surface area contributed by atoms with E-state index in [0.29, 0.717) is 0 Å². The third-order valence-electron chi connectivity index (χ3n) is 0.993. The molecular weight excluding hydrogens is 138 g/mol. The normalized spacial score (nSPS) is 16.4. The van der Waals surface area contributed by atoms with Crippen molar-refractivity contribution in [2.45, 2.75) is 18.2 Å². The summed E-state index contributed by atoms with van der Waals surface area (Å²) in [5.74, 6) is -0.419. The Labute approximate surface area is 60.0 Å². The summed E-state index contributed by atoms with van der Waals surface area (Å²) in [6.45, 7) is 1.74. The number of rotatable bonds is 2. The van der Waals surface area contributed by atoms with Gasteiger partial charge < -0.3 is 10.5 Å². The van der Waals surface area contributed by atoms with Gasteiger partial charge in [-0.05, 0) is 0 Å². The van der Waals surface area contributed by atoms with Crippen LogP contribution in [-0.4, -0.2) is 24.4 Å². The van der Waals surface area contributed by atoms with E-state index in [1.54, 1.807) is 6.92 Å². The molecule has 0 aromatic heterocycles. The minimum atomic E-state index is -0.613. The molecule has 0 bridgehead atoms. The van der Waals surface area contributed by atoms with Gasteiger partial charge in [-0.1, -0.05) is 6.92 Å². The van der Waals surface area contributed by atoms with Crippen LogP contribution in [0.3, 0.4) is 0 Å². The number of esters is 1. The number of thiol groups is 1. The summed E-state index contributed by atoms with van der Waals surface area (Å²) in [4.78, 5) is 10.6. The number of methoxy groups -OCH3 is 1. The molecule has 2 unspecified atom stereocenters. The molecule has 3 nitrogen and oxygen atoms in total. The van der Waals surface area contributed by atoms with Gasteiger partial charge in [-0.25, -0.2) is 0 Å². The minimum Gasteiger partial charge on any atom is -0.468 e. The molecule has 0 aliphatic heterocycles. The highest BCUT2D eigenvalue weighted by atomic mass is 32.1. The molecular formula is C5H11NO2S. The first kappa shape index (κ1) is 8.78. The minimum absolute atomic E-state index is 0.155.